The summed E-state index contributed by atoms with van der Waals surface area (Å²) in [6.07, 6.45) is 68.3. The number of carboxylic acids is 1. The predicted molar refractivity (Wildman–Crippen MR) is 585 cm³/mol. The van der Waals surface area contributed by atoms with Crippen LogP contribution in [0, 0.1) is 230 Å². The summed E-state index contributed by atoms with van der Waals surface area (Å²) in [5.41, 5.74) is 16.3. The van der Waals surface area contributed by atoms with E-state index in [2.05, 4.69) is 265 Å². The average molecular weight is 1930 g/mol. The van der Waals surface area contributed by atoms with Crippen molar-refractivity contribution in [3.8, 4) is 6.07 Å². The van der Waals surface area contributed by atoms with Gasteiger partial charge >= 0.3 is 11.9 Å². The molecule has 4 unspecified atom stereocenters. The van der Waals surface area contributed by atoms with Crippen molar-refractivity contribution in [2.75, 3.05) is 7.11 Å². The number of hydrogen-bond acceptors (Lipinski definition) is 6. The molecular weight excluding hydrogens is 1710 g/mol. The lowest BCUT2D eigenvalue weighted by Gasteiger charge is -2.71. The van der Waals surface area contributed by atoms with Gasteiger partial charge in [0.1, 0.15) is 6.29 Å². The molecule has 0 bridgehead atoms. The molecule has 16 saturated carbocycles. The maximum absolute atomic E-state index is 12.3. The third-order valence-electron chi connectivity index (χ3n) is 56.4. The van der Waals surface area contributed by atoms with E-state index in [1.807, 2.05) is 18.1 Å². The smallest absolute Gasteiger partial charge is 0.306 e. The highest BCUT2D eigenvalue weighted by molar-refractivity contribution is 5.70. The van der Waals surface area contributed by atoms with Crippen molar-refractivity contribution in [3.63, 3.8) is 0 Å². The minimum Gasteiger partial charge on any atom is -0.481 e. The fourth-order valence-corrected chi connectivity index (χ4v) is 44.1. The number of nitrogens with zero attached hydrogens (tertiary/aromatic N) is 1. The molecule has 7 nitrogen and oxygen atoms in total. The fraction of sp³-hybridized carbons (Fsp3) is 0.895. The Morgan fingerprint density at radius 2 is 0.614 bits per heavy atom. The monoisotopic (exact) mass is 1920 g/mol. The third-order valence-corrected chi connectivity index (χ3v) is 56.4. The third kappa shape index (κ3) is 16.5. The van der Waals surface area contributed by atoms with Crippen LogP contribution in [0.25, 0.3) is 0 Å². The number of carbonyl (C=O) groups excluding carboxylic acids is 2. The number of aldehydes is 1. The zero-order chi connectivity index (χ0) is 103. The number of carbonyl (C=O) groups is 3. The van der Waals surface area contributed by atoms with E-state index < -0.39 is 5.97 Å². The number of hydrogen-bond donors (Lipinski definition) is 2. The van der Waals surface area contributed by atoms with Gasteiger partial charge in [-0.15, -0.1) is 0 Å². The van der Waals surface area contributed by atoms with Gasteiger partial charge in [0.25, 0.3) is 0 Å². The summed E-state index contributed by atoms with van der Waals surface area (Å²) in [7, 11) is 1.53. The summed E-state index contributed by atoms with van der Waals surface area (Å²) in [5, 5.41) is 30.1. The van der Waals surface area contributed by atoms with Crippen molar-refractivity contribution in [2.24, 2.45) is 219 Å². The van der Waals surface area contributed by atoms with Gasteiger partial charge in [-0.2, -0.15) is 5.26 Å². The van der Waals surface area contributed by atoms with Crippen molar-refractivity contribution in [2.45, 2.75) is 524 Å². The minimum atomic E-state index is -0.616. The average Bonchev–Trinajstić information content (AvgIpc) is 0.687. The molecule has 0 radical (unpaired) electrons. The van der Waals surface area contributed by atoms with Crippen LogP contribution in [0.3, 0.4) is 0 Å². The van der Waals surface area contributed by atoms with E-state index in [0.717, 1.165) is 98.2 Å². The summed E-state index contributed by atoms with van der Waals surface area (Å²) in [4.78, 5) is 35.6. The van der Waals surface area contributed by atoms with Gasteiger partial charge in [-0.1, -0.05) is 273 Å². The van der Waals surface area contributed by atoms with Crippen LogP contribution in [-0.4, -0.2) is 41.7 Å². The number of rotatable bonds is 7. The Morgan fingerprint density at radius 1 is 0.357 bits per heavy atom. The van der Waals surface area contributed by atoms with Crippen LogP contribution >= 0.6 is 0 Å². The summed E-state index contributed by atoms with van der Waals surface area (Å²) in [6, 6.07) is 2.55. The molecule has 140 heavy (non-hydrogen) atoms. The molecule has 20 aliphatic rings. The van der Waals surface area contributed by atoms with Crippen molar-refractivity contribution < 1.29 is 29.3 Å². The highest BCUT2D eigenvalue weighted by atomic mass is 16.5. The van der Waals surface area contributed by atoms with Gasteiger partial charge in [0, 0.05) is 12.8 Å². The van der Waals surface area contributed by atoms with E-state index in [-0.39, 0.29) is 50.0 Å². The molecule has 20 rings (SSSR count). The second kappa shape index (κ2) is 36.0. The Hall–Kier alpha value is -3.24. The van der Waals surface area contributed by atoms with Gasteiger partial charge in [-0.05, 0) is 496 Å². The normalized spacial score (nSPS) is 52.6. The molecule has 36 atom stereocenters. The largest absolute Gasteiger partial charge is 0.481 e. The van der Waals surface area contributed by atoms with Crippen molar-refractivity contribution in [1.29, 1.82) is 5.26 Å². The fourth-order valence-electron chi connectivity index (χ4n) is 44.1. The van der Waals surface area contributed by atoms with Crippen LogP contribution in [0.5, 0.6) is 0 Å². The summed E-state index contributed by atoms with van der Waals surface area (Å²) in [6.45, 7) is 85.8. The highest BCUT2D eigenvalue weighted by Gasteiger charge is 2.75. The van der Waals surface area contributed by atoms with E-state index in [0.29, 0.717) is 140 Å². The number of aliphatic hydroxyl groups is 1. The number of aliphatic carboxylic acids is 1. The van der Waals surface area contributed by atoms with Crippen LogP contribution < -0.4 is 0 Å². The lowest BCUT2D eigenvalue weighted by atomic mass is 9.33. The predicted octanol–water partition coefficient (Wildman–Crippen LogP) is 36.9. The van der Waals surface area contributed by atoms with E-state index in [4.69, 9.17) is 4.74 Å². The van der Waals surface area contributed by atoms with Gasteiger partial charge in [-0.3, -0.25) is 9.59 Å². The van der Waals surface area contributed by atoms with Crippen molar-refractivity contribution in [1.82, 2.24) is 0 Å². The Morgan fingerprint density at radius 3 is 0.893 bits per heavy atom. The molecular formula is C133H217NO6. The summed E-state index contributed by atoms with van der Waals surface area (Å²) < 4.78 is 5.11. The SMILES string of the molecule is CC=C(C)C.COC(=O)C[C@@]1(C)CC[C@]2(C)CC[C@]3(C)C(=CCC4[C@@]5(C)CC[C@H](O)C(C)(C)[C@@H]5CC[C@]43C)[C@@H]2C1.C[C@H]1CC[C@]2(C)C3CC=C4[C@@H]5C[C@@](C)(CC#N)CC[C@]5(C)CC[C@@]4(C)[C@]3(C)CC[C@H]2C1(C)C.C[C@H]1CC[C@]2(C)C3CC=C4[C@@H]5C[C@@](C)(CC(=O)O)CC[C@]5(C)CC[C@@]4(C)[C@]3(C)CC[C@H]2C1(C)C.C[C@H]1CC[C@]2(C)C3CC=C4[C@@H]5C[C@@](C)(CC=O)CC[C@]5(C)CC[C@@]4(C)[C@]3(C)CC[C@H]2C1(C)C. The number of ether oxygens (including phenoxy) is 1. The summed E-state index contributed by atoms with van der Waals surface area (Å²) >= 11 is 0. The molecule has 0 heterocycles. The van der Waals surface area contributed by atoms with E-state index >= 15 is 0 Å². The molecule has 2 N–H and O–H groups in total. The molecule has 20 aliphatic carbocycles. The first-order valence-electron chi connectivity index (χ1n) is 59.7. The van der Waals surface area contributed by atoms with Crippen molar-refractivity contribution >= 4 is 18.2 Å². The van der Waals surface area contributed by atoms with Crippen LogP contribution in [0.2, 0.25) is 0 Å². The molecule has 0 spiro atoms. The standard InChI is InChI=1S/C32H51N.C32H52O3.C32H52O2.C32H52O.C5H10/c1-22-11-13-30(6)25(27(22,2)3)12-14-32(8)26(30)10-9-23-24-21-28(4,19-20-33)15-16-29(24,5)17-18-31(23,32)7;1-27(2)23-11-14-32(7)24(30(23,5)13-12-25(27)33)10-9-21-22-19-28(3,20-26(34)35-8)15-16-29(22,4)17-18-31(21,32)6;1-21-11-13-30(6)24(27(21,2)3)12-14-32(8)25(30)10-9-22-23-19-28(4,20-26(33)34)15-16-29(23,5)17-18-31(22,32)7;1-22-11-13-30(6)25(27(22,2)3)12-14-32(8)26(30)10-9-23-24-21-28(4,19-20-33)15-16-29(24,5)17-18-31(23,32)7;1-4-5(2)3/h9,22,24-26H,10-19,21H2,1-8H3;9,22-25,33H,10-20H2,1-8H3;9,21,23-25H,10-20H2,1-8H3,(H,33,34);9,20,22,24-26H,10-19,21H2,1-8H3;4H,1-3H3/t22-,24-,25-,26?,28+,29+,30-,31+,32+;22-,23-,24?,25-,28-,29+,30-,31+,32+;21-,23-,24-,25?,28-,29+,30-,31+,32+;22-,24-,25-,26?,28+,29+,30-,31+,32+;/m0000./s1. The van der Waals surface area contributed by atoms with Crippen LogP contribution in [-0.2, 0) is 19.1 Å². The number of nitriles is 1. The topological polar surface area (TPSA) is 125 Å². The van der Waals surface area contributed by atoms with Gasteiger partial charge in [0.15, 0.2) is 0 Å². The first kappa shape index (κ1) is 109. The number of allylic oxidation sites excluding steroid dienone is 10. The molecule has 0 aromatic carbocycles. The molecule has 0 aliphatic heterocycles. The van der Waals surface area contributed by atoms with Gasteiger partial charge in [0.2, 0.25) is 0 Å². The lowest BCUT2D eigenvalue weighted by molar-refractivity contribution is -0.203. The quantitative estimate of drug-likeness (QED) is 0.148. The lowest BCUT2D eigenvalue weighted by Crippen LogP contribution is -2.64. The molecule has 0 aromatic heterocycles. The Kier molecular flexibility index (Phi) is 28.1. The second-order valence-corrected chi connectivity index (χ2v) is 64.1. The zero-order valence-corrected chi connectivity index (χ0v) is 97.8. The van der Waals surface area contributed by atoms with Gasteiger partial charge in [0.05, 0.1) is 32.1 Å². The maximum atomic E-state index is 12.3. The molecule has 0 aromatic rings. The molecule has 790 valence electrons. The zero-order valence-electron chi connectivity index (χ0n) is 97.8. The highest BCUT2D eigenvalue weighted by Crippen LogP contribution is 2.83. The Balaban J connectivity index is 0.000000132. The molecule has 7 heteroatoms. The maximum Gasteiger partial charge on any atom is 0.306 e. The van der Waals surface area contributed by atoms with E-state index in [1.165, 1.54) is 244 Å². The van der Waals surface area contributed by atoms with Gasteiger partial charge in [-0.25, -0.2) is 0 Å². The van der Waals surface area contributed by atoms with E-state index in [9.17, 15) is 29.9 Å². The summed E-state index contributed by atoms with van der Waals surface area (Å²) in [5.74, 6) is 10.6. The van der Waals surface area contributed by atoms with Crippen molar-refractivity contribution in [3.05, 3.63) is 58.2 Å². The van der Waals surface area contributed by atoms with Crippen LogP contribution in [0.15, 0.2) is 58.2 Å². The number of carboxylic acid groups (broad SMARTS) is 1. The Labute approximate surface area is 861 Å². The molecule has 16 fully saturated rings. The molecule has 0 amide bonds. The van der Waals surface area contributed by atoms with E-state index in [1.54, 1.807) is 11.1 Å². The first-order valence-corrected chi connectivity index (χ1v) is 59.7. The number of esters is 1. The number of aliphatic hydroxyl groups excluding tert-OH is 1. The van der Waals surface area contributed by atoms with Crippen LogP contribution in [0.4, 0.5) is 0 Å². The Bertz CT molecular complexity index is 4870. The van der Waals surface area contributed by atoms with Crippen LogP contribution in [0.1, 0.15) is 518 Å². The van der Waals surface area contributed by atoms with Gasteiger partial charge < -0.3 is 19.7 Å². The minimum absolute atomic E-state index is 0.00341. The number of fused-ring (bicyclic) bond motifs is 28. The molecule has 0 saturated heterocycles. The second-order valence-electron chi connectivity index (χ2n) is 64.1. The number of methoxy groups -OCH3 is 1. The first-order chi connectivity index (χ1) is 64.6.